The molecule has 0 amide bonds. The third-order valence-electron chi connectivity index (χ3n) is 3.14. The third kappa shape index (κ3) is 3.62. The quantitative estimate of drug-likeness (QED) is 0.613. The maximum absolute atomic E-state index is 12.0. The van der Waals surface area contributed by atoms with Crippen molar-refractivity contribution >= 4 is 5.78 Å². The highest BCUT2D eigenvalue weighted by molar-refractivity contribution is 6.04. The predicted octanol–water partition coefficient (Wildman–Crippen LogP) is 3.68. The largest absolute Gasteiger partial charge is 0.289 e. The molecule has 0 aliphatic rings. The Morgan fingerprint density at radius 2 is 2.05 bits per heavy atom. The molecule has 19 heavy (non-hydrogen) atoms. The molecule has 2 rings (SSSR count). The molecule has 2 heteroatoms. The molecule has 0 radical (unpaired) electrons. The van der Waals surface area contributed by atoms with Crippen molar-refractivity contribution < 1.29 is 4.79 Å². The summed E-state index contributed by atoms with van der Waals surface area (Å²) in [5.41, 5.74) is 4.19. The van der Waals surface area contributed by atoms with Crippen molar-refractivity contribution in [3.63, 3.8) is 0 Å². The van der Waals surface area contributed by atoms with Crippen LogP contribution in [0.2, 0.25) is 0 Å². The lowest BCUT2D eigenvalue weighted by Gasteiger charge is -2.01. The Kier molecular flexibility index (Phi) is 4.24. The third-order valence-corrected chi connectivity index (χ3v) is 3.14. The maximum Gasteiger partial charge on any atom is 0.185 e. The number of hydrogen-bond acceptors (Lipinski definition) is 2. The number of carbonyl (C=O) groups is 1. The molecule has 96 valence electrons. The lowest BCUT2D eigenvalue weighted by Crippen LogP contribution is -1.96. The smallest absolute Gasteiger partial charge is 0.185 e. The monoisotopic (exact) mass is 251 g/mol. The number of rotatable bonds is 4. The molecule has 1 aromatic heterocycles. The molecule has 2 nitrogen and oxygen atoms in total. The van der Waals surface area contributed by atoms with E-state index in [0.29, 0.717) is 0 Å². The van der Waals surface area contributed by atoms with Crippen molar-refractivity contribution in [1.29, 1.82) is 0 Å². The molecule has 0 fully saturated rings. The lowest BCUT2D eigenvalue weighted by molar-refractivity contribution is 0.104. The molecule has 0 atom stereocenters. The van der Waals surface area contributed by atoms with Crippen LogP contribution in [-0.2, 0) is 6.42 Å². The predicted molar refractivity (Wildman–Crippen MR) is 77.3 cm³/mol. The van der Waals surface area contributed by atoms with Gasteiger partial charge in [0.05, 0.1) is 0 Å². The molecular formula is C17H17NO. The number of pyridine rings is 1. The molecule has 1 aromatic carbocycles. The van der Waals surface area contributed by atoms with E-state index in [0.717, 1.165) is 23.1 Å². The number of aryl methyl sites for hydroxylation is 2. The Balaban J connectivity index is 2.02. The molecule has 0 N–H and O–H groups in total. The number of aromatic nitrogens is 1. The second kappa shape index (κ2) is 6.10. The van der Waals surface area contributed by atoms with Crippen LogP contribution in [0.1, 0.15) is 27.0 Å². The number of ketones is 1. The average Bonchev–Trinajstić information content (AvgIpc) is 2.43. The number of allylic oxidation sites excluding steroid dienone is 2. The highest BCUT2D eigenvalue weighted by atomic mass is 16.1. The fraction of sp³-hybridized carbons (Fsp3) is 0.176. The number of carbonyl (C=O) groups excluding carboxylic acids is 1. The number of hydrogen-bond donors (Lipinski definition) is 0. The molecule has 0 spiro atoms. The van der Waals surface area contributed by atoms with E-state index in [1.165, 1.54) is 5.56 Å². The molecule has 0 saturated heterocycles. The van der Waals surface area contributed by atoms with E-state index in [1.54, 1.807) is 12.3 Å². The lowest BCUT2D eigenvalue weighted by atomic mass is 10.0. The second-order valence-corrected chi connectivity index (χ2v) is 4.63. The van der Waals surface area contributed by atoms with Crippen LogP contribution in [0.15, 0.2) is 54.9 Å². The van der Waals surface area contributed by atoms with E-state index in [2.05, 4.69) is 4.98 Å². The van der Waals surface area contributed by atoms with Gasteiger partial charge in [0.15, 0.2) is 5.78 Å². The van der Waals surface area contributed by atoms with E-state index in [1.807, 2.05) is 56.5 Å². The van der Waals surface area contributed by atoms with Gasteiger partial charge in [-0.2, -0.15) is 0 Å². The van der Waals surface area contributed by atoms with E-state index < -0.39 is 0 Å². The number of nitrogens with zero attached hydrogens (tertiary/aromatic N) is 1. The van der Waals surface area contributed by atoms with Gasteiger partial charge < -0.3 is 0 Å². The van der Waals surface area contributed by atoms with Crippen molar-refractivity contribution in [2.75, 3.05) is 0 Å². The summed E-state index contributed by atoms with van der Waals surface area (Å²) in [6.07, 6.45) is 7.80. The summed E-state index contributed by atoms with van der Waals surface area (Å²) in [5.74, 6) is 0.0481. The summed E-state index contributed by atoms with van der Waals surface area (Å²) in [7, 11) is 0. The Hall–Kier alpha value is -2.22. The highest BCUT2D eigenvalue weighted by Crippen LogP contribution is 2.11. The van der Waals surface area contributed by atoms with E-state index >= 15 is 0 Å². The van der Waals surface area contributed by atoms with Gasteiger partial charge in [-0.3, -0.25) is 9.78 Å². The zero-order valence-corrected chi connectivity index (χ0v) is 11.3. The van der Waals surface area contributed by atoms with Crippen LogP contribution in [0, 0.1) is 13.8 Å². The molecule has 1 heterocycles. The van der Waals surface area contributed by atoms with Crippen molar-refractivity contribution in [3.8, 4) is 0 Å². The minimum absolute atomic E-state index is 0.0481. The van der Waals surface area contributed by atoms with Gasteiger partial charge in [-0.15, -0.1) is 0 Å². The van der Waals surface area contributed by atoms with Gasteiger partial charge in [0, 0.05) is 18.0 Å². The molecular weight excluding hydrogens is 234 g/mol. The van der Waals surface area contributed by atoms with Gasteiger partial charge in [0.25, 0.3) is 0 Å². The minimum atomic E-state index is 0.0481. The fourth-order valence-corrected chi connectivity index (χ4v) is 1.81. The molecule has 0 aliphatic heterocycles. The molecule has 0 aliphatic carbocycles. The Bertz CT molecular complexity index is 600. The summed E-state index contributed by atoms with van der Waals surface area (Å²) >= 11 is 0. The average molecular weight is 251 g/mol. The second-order valence-electron chi connectivity index (χ2n) is 4.63. The fourth-order valence-electron chi connectivity index (χ4n) is 1.81. The van der Waals surface area contributed by atoms with Crippen LogP contribution in [0.25, 0.3) is 0 Å². The first-order chi connectivity index (χ1) is 9.16. The van der Waals surface area contributed by atoms with Gasteiger partial charge in [-0.1, -0.05) is 24.3 Å². The van der Waals surface area contributed by atoms with Gasteiger partial charge >= 0.3 is 0 Å². The zero-order chi connectivity index (χ0) is 13.7. The van der Waals surface area contributed by atoms with E-state index in [-0.39, 0.29) is 5.78 Å². The highest BCUT2D eigenvalue weighted by Gasteiger charge is 2.02. The van der Waals surface area contributed by atoms with Crippen molar-refractivity contribution in [3.05, 3.63) is 77.1 Å². The van der Waals surface area contributed by atoms with Crippen LogP contribution in [0.5, 0.6) is 0 Å². The van der Waals surface area contributed by atoms with Gasteiger partial charge in [-0.05, 0) is 55.2 Å². The first-order valence-corrected chi connectivity index (χ1v) is 6.34. The molecule has 2 aromatic rings. The normalized spacial score (nSPS) is 10.8. The van der Waals surface area contributed by atoms with Crippen LogP contribution in [0.3, 0.4) is 0 Å². The van der Waals surface area contributed by atoms with Crippen LogP contribution < -0.4 is 0 Å². The van der Waals surface area contributed by atoms with Crippen LogP contribution in [-0.4, -0.2) is 10.8 Å². The van der Waals surface area contributed by atoms with E-state index in [4.69, 9.17) is 0 Å². The minimum Gasteiger partial charge on any atom is -0.289 e. The standard InChI is InChI=1S/C17H17NO/c1-13-8-9-16(11-14(13)2)17(19)7-3-5-15-6-4-10-18-12-15/h3-4,6-12H,5H2,1-2H3/b7-3+. The summed E-state index contributed by atoms with van der Waals surface area (Å²) in [6, 6.07) is 9.69. The molecule has 0 saturated carbocycles. The van der Waals surface area contributed by atoms with Crippen molar-refractivity contribution in [1.82, 2.24) is 4.98 Å². The molecule has 0 unspecified atom stereocenters. The Morgan fingerprint density at radius 3 is 2.74 bits per heavy atom. The number of benzene rings is 1. The van der Waals surface area contributed by atoms with Crippen LogP contribution in [0.4, 0.5) is 0 Å². The Labute approximate surface area is 113 Å². The van der Waals surface area contributed by atoms with Crippen LogP contribution >= 0.6 is 0 Å². The van der Waals surface area contributed by atoms with Gasteiger partial charge in [-0.25, -0.2) is 0 Å². The first kappa shape index (κ1) is 13.2. The summed E-state index contributed by atoms with van der Waals surface area (Å²) < 4.78 is 0. The zero-order valence-electron chi connectivity index (χ0n) is 11.3. The van der Waals surface area contributed by atoms with Gasteiger partial charge in [0.2, 0.25) is 0 Å². The van der Waals surface area contributed by atoms with E-state index in [9.17, 15) is 4.79 Å². The maximum atomic E-state index is 12.0. The van der Waals surface area contributed by atoms with Crippen molar-refractivity contribution in [2.45, 2.75) is 20.3 Å². The Morgan fingerprint density at radius 1 is 1.21 bits per heavy atom. The van der Waals surface area contributed by atoms with Crippen molar-refractivity contribution in [2.24, 2.45) is 0 Å². The summed E-state index contributed by atoms with van der Waals surface area (Å²) in [6.45, 7) is 4.06. The topological polar surface area (TPSA) is 30.0 Å². The van der Waals surface area contributed by atoms with Gasteiger partial charge in [0.1, 0.15) is 0 Å². The first-order valence-electron chi connectivity index (χ1n) is 6.34. The summed E-state index contributed by atoms with van der Waals surface area (Å²) in [4.78, 5) is 16.0. The SMILES string of the molecule is Cc1ccc(C(=O)/C=C/Cc2cccnc2)cc1C. The molecule has 0 bridgehead atoms. The summed E-state index contributed by atoms with van der Waals surface area (Å²) in [5, 5.41) is 0.